The van der Waals surface area contributed by atoms with Gasteiger partial charge in [-0.3, -0.25) is 4.98 Å². The lowest BCUT2D eigenvalue weighted by Crippen LogP contribution is -1.99. The molecule has 0 aliphatic carbocycles. The molecule has 0 atom stereocenters. The number of hydrogen-bond acceptors (Lipinski definition) is 2. The Bertz CT molecular complexity index is 284. The summed E-state index contributed by atoms with van der Waals surface area (Å²) in [6.07, 6.45) is 0. The maximum absolute atomic E-state index is 5.29. The smallest absolute Gasteiger partial charge is 0.138 e. The molecule has 0 saturated heterocycles. The maximum Gasteiger partial charge on any atom is 0.138 e. The van der Waals surface area contributed by atoms with Crippen molar-refractivity contribution in [1.82, 2.24) is 4.98 Å². The van der Waals surface area contributed by atoms with Crippen LogP contribution in [-0.2, 0) is 0 Å². The summed E-state index contributed by atoms with van der Waals surface area (Å²) < 4.78 is 6.40. The summed E-state index contributed by atoms with van der Waals surface area (Å²) >= 11 is 2.26. The van der Waals surface area contributed by atoms with E-state index < -0.39 is 0 Å². The molecule has 0 N–H and O–H groups in total. The first kappa shape index (κ1) is 9.77. The number of methoxy groups -OCH3 is 1. The molecule has 1 rings (SSSR count). The summed E-state index contributed by atoms with van der Waals surface area (Å²) in [5.74, 6) is 0.959. The van der Waals surface area contributed by atoms with Gasteiger partial charge in [-0.15, -0.1) is 0 Å². The lowest BCUT2D eigenvalue weighted by atomic mass is 10.2. The number of nitrogens with zero attached hydrogens (tertiary/aromatic N) is 1. The number of ether oxygens (including phenoxy) is 1. The van der Waals surface area contributed by atoms with Crippen LogP contribution in [0, 0.1) is 24.3 Å². The Morgan fingerprint density at radius 3 is 2.25 bits per heavy atom. The molecule has 1 heterocycles. The normalized spacial score (nSPS) is 10.1. The number of halogens is 1. The predicted molar refractivity (Wildman–Crippen MR) is 57.7 cm³/mol. The maximum atomic E-state index is 5.29. The summed E-state index contributed by atoms with van der Waals surface area (Å²) in [5.41, 5.74) is 3.22. The predicted octanol–water partition coefficient (Wildman–Crippen LogP) is 2.62. The van der Waals surface area contributed by atoms with Gasteiger partial charge in [0, 0.05) is 11.3 Å². The van der Waals surface area contributed by atoms with Crippen LogP contribution < -0.4 is 4.74 Å². The zero-order chi connectivity index (χ0) is 9.30. The van der Waals surface area contributed by atoms with E-state index in [4.69, 9.17) is 4.74 Å². The van der Waals surface area contributed by atoms with Crippen LogP contribution in [0.1, 0.15) is 17.0 Å². The molecule has 0 aromatic carbocycles. The van der Waals surface area contributed by atoms with Crippen molar-refractivity contribution in [3.8, 4) is 5.75 Å². The van der Waals surface area contributed by atoms with Crippen molar-refractivity contribution < 1.29 is 4.74 Å². The van der Waals surface area contributed by atoms with Gasteiger partial charge >= 0.3 is 0 Å². The standard InChI is InChI=1S/C9H12INO/c1-5-6(2)11-7(3)8(10)9(5)12-4/h1-4H3. The van der Waals surface area contributed by atoms with Gasteiger partial charge in [-0.25, -0.2) is 0 Å². The first-order valence-corrected chi connectivity index (χ1v) is 4.83. The van der Waals surface area contributed by atoms with Crippen molar-refractivity contribution in [2.24, 2.45) is 0 Å². The number of hydrogen-bond donors (Lipinski definition) is 0. The Hall–Kier alpha value is -0.320. The minimum Gasteiger partial charge on any atom is -0.495 e. The molecule has 0 bridgehead atoms. The van der Waals surface area contributed by atoms with Gasteiger partial charge in [0.2, 0.25) is 0 Å². The molecule has 0 radical (unpaired) electrons. The van der Waals surface area contributed by atoms with E-state index in [-0.39, 0.29) is 0 Å². The third-order valence-electron chi connectivity index (χ3n) is 1.94. The Morgan fingerprint density at radius 2 is 1.75 bits per heavy atom. The van der Waals surface area contributed by atoms with Crippen molar-refractivity contribution in [2.75, 3.05) is 7.11 Å². The fraction of sp³-hybridized carbons (Fsp3) is 0.444. The second kappa shape index (κ2) is 3.60. The zero-order valence-electron chi connectivity index (χ0n) is 7.73. The second-order valence-electron chi connectivity index (χ2n) is 2.75. The van der Waals surface area contributed by atoms with E-state index >= 15 is 0 Å². The molecule has 0 spiro atoms. The first-order valence-electron chi connectivity index (χ1n) is 3.75. The lowest BCUT2D eigenvalue weighted by molar-refractivity contribution is 0.407. The number of aryl methyl sites for hydroxylation is 2. The van der Waals surface area contributed by atoms with Gasteiger partial charge < -0.3 is 4.74 Å². The fourth-order valence-corrected chi connectivity index (χ4v) is 1.87. The van der Waals surface area contributed by atoms with Gasteiger partial charge in [-0.1, -0.05) is 0 Å². The average Bonchev–Trinajstić information content (AvgIpc) is 2.02. The molecular formula is C9H12INO. The molecule has 0 fully saturated rings. The van der Waals surface area contributed by atoms with E-state index in [2.05, 4.69) is 27.6 Å². The average molecular weight is 277 g/mol. The quantitative estimate of drug-likeness (QED) is 0.736. The molecule has 0 unspecified atom stereocenters. The largest absolute Gasteiger partial charge is 0.495 e. The van der Waals surface area contributed by atoms with Gasteiger partial charge in [0.05, 0.1) is 16.4 Å². The van der Waals surface area contributed by atoms with Crippen molar-refractivity contribution in [3.63, 3.8) is 0 Å². The lowest BCUT2D eigenvalue weighted by Gasteiger charge is -2.10. The van der Waals surface area contributed by atoms with E-state index in [0.29, 0.717) is 0 Å². The number of rotatable bonds is 1. The number of aromatic nitrogens is 1. The van der Waals surface area contributed by atoms with Gasteiger partial charge in [0.25, 0.3) is 0 Å². The monoisotopic (exact) mass is 277 g/mol. The molecule has 0 amide bonds. The van der Waals surface area contributed by atoms with Crippen LogP contribution >= 0.6 is 22.6 Å². The van der Waals surface area contributed by atoms with Crippen molar-refractivity contribution in [2.45, 2.75) is 20.8 Å². The molecule has 2 nitrogen and oxygen atoms in total. The third kappa shape index (κ3) is 1.55. The Balaban J connectivity index is 3.42. The van der Waals surface area contributed by atoms with Crippen molar-refractivity contribution in [1.29, 1.82) is 0 Å². The second-order valence-corrected chi connectivity index (χ2v) is 3.83. The molecule has 0 aliphatic heterocycles. The summed E-state index contributed by atoms with van der Waals surface area (Å²) in [4.78, 5) is 4.39. The van der Waals surface area contributed by atoms with E-state index in [0.717, 1.165) is 26.3 Å². The topological polar surface area (TPSA) is 22.1 Å². The summed E-state index contributed by atoms with van der Waals surface area (Å²) in [7, 11) is 1.70. The van der Waals surface area contributed by atoms with Crippen LogP contribution in [-0.4, -0.2) is 12.1 Å². The summed E-state index contributed by atoms with van der Waals surface area (Å²) in [5, 5.41) is 0. The molecule has 0 saturated carbocycles. The zero-order valence-corrected chi connectivity index (χ0v) is 9.89. The highest BCUT2D eigenvalue weighted by atomic mass is 127. The molecule has 66 valence electrons. The molecule has 0 aliphatic rings. The van der Waals surface area contributed by atoms with Crippen LogP contribution in [0.5, 0.6) is 5.75 Å². The third-order valence-corrected chi connectivity index (χ3v) is 3.21. The van der Waals surface area contributed by atoms with Crippen molar-refractivity contribution in [3.05, 3.63) is 20.5 Å². The summed E-state index contributed by atoms with van der Waals surface area (Å²) in [6, 6.07) is 0. The Labute approximate surface area is 86.5 Å². The number of pyridine rings is 1. The van der Waals surface area contributed by atoms with Crippen LogP contribution in [0.4, 0.5) is 0 Å². The van der Waals surface area contributed by atoms with Gasteiger partial charge in [-0.2, -0.15) is 0 Å². The highest BCUT2D eigenvalue weighted by Crippen LogP contribution is 2.28. The minimum absolute atomic E-state index is 0.959. The van der Waals surface area contributed by atoms with E-state index in [1.807, 2.05) is 20.8 Å². The Morgan fingerprint density at radius 1 is 1.17 bits per heavy atom. The van der Waals surface area contributed by atoms with E-state index in [1.54, 1.807) is 7.11 Å². The minimum atomic E-state index is 0.959. The summed E-state index contributed by atoms with van der Waals surface area (Å²) in [6.45, 7) is 6.03. The van der Waals surface area contributed by atoms with Crippen LogP contribution in [0.2, 0.25) is 0 Å². The molecule has 1 aromatic heterocycles. The van der Waals surface area contributed by atoms with Crippen molar-refractivity contribution >= 4 is 22.6 Å². The molecule has 12 heavy (non-hydrogen) atoms. The van der Waals surface area contributed by atoms with Crippen LogP contribution in [0.25, 0.3) is 0 Å². The van der Waals surface area contributed by atoms with Crippen LogP contribution in [0.3, 0.4) is 0 Å². The molecular weight excluding hydrogens is 265 g/mol. The molecule has 3 heteroatoms. The fourth-order valence-electron chi connectivity index (χ4n) is 1.12. The van der Waals surface area contributed by atoms with E-state index in [9.17, 15) is 0 Å². The van der Waals surface area contributed by atoms with Gasteiger partial charge in [-0.05, 0) is 43.4 Å². The highest BCUT2D eigenvalue weighted by Gasteiger charge is 2.10. The van der Waals surface area contributed by atoms with Gasteiger partial charge in [0.15, 0.2) is 0 Å². The van der Waals surface area contributed by atoms with E-state index in [1.165, 1.54) is 0 Å². The van der Waals surface area contributed by atoms with Gasteiger partial charge in [0.1, 0.15) is 5.75 Å². The first-order chi connectivity index (χ1) is 5.57. The van der Waals surface area contributed by atoms with Crippen LogP contribution in [0.15, 0.2) is 0 Å². The Kier molecular flexibility index (Phi) is 2.93. The SMILES string of the molecule is COc1c(C)c(C)nc(C)c1I. The highest BCUT2D eigenvalue weighted by molar-refractivity contribution is 14.1. The molecule has 1 aromatic rings.